The Kier molecular flexibility index (Phi) is 5.03. The van der Waals surface area contributed by atoms with Gasteiger partial charge < -0.3 is 15.2 Å². The zero-order valence-electron chi connectivity index (χ0n) is 10.9. The molecule has 0 spiro atoms. The summed E-state index contributed by atoms with van der Waals surface area (Å²) in [5.41, 5.74) is 6.61. The number of anilines is 1. The molecule has 0 unspecified atom stereocenters. The molecule has 0 aliphatic carbocycles. The largest absolute Gasteiger partial charge is 0.494 e. The van der Waals surface area contributed by atoms with Crippen LogP contribution < -0.4 is 10.5 Å². The number of carbonyl (C=O) groups excluding carboxylic acids is 1. The molecule has 0 amide bonds. The van der Waals surface area contributed by atoms with Gasteiger partial charge >= 0.3 is 5.97 Å². The summed E-state index contributed by atoms with van der Waals surface area (Å²) in [6, 6.07) is 8.72. The van der Waals surface area contributed by atoms with Gasteiger partial charge in [0.15, 0.2) is 0 Å². The maximum absolute atomic E-state index is 12.0. The zero-order chi connectivity index (χ0) is 14.5. The third-order valence-corrected chi connectivity index (χ3v) is 4.05. The van der Waals surface area contributed by atoms with Crippen LogP contribution in [0.2, 0.25) is 0 Å². The van der Waals surface area contributed by atoms with E-state index in [9.17, 15) is 4.79 Å². The Bertz CT molecular complexity index is 612. The maximum atomic E-state index is 12.0. The Morgan fingerprint density at radius 1 is 1.35 bits per heavy atom. The molecule has 0 fully saturated rings. The fraction of sp³-hybridized carbons (Fsp3) is 0.214. The van der Waals surface area contributed by atoms with Crippen molar-refractivity contribution in [3.05, 3.63) is 44.6 Å². The molecule has 0 bridgehead atoms. The highest BCUT2D eigenvalue weighted by Crippen LogP contribution is 2.24. The average molecular weight is 356 g/mol. The van der Waals surface area contributed by atoms with Crippen LogP contribution in [0, 0.1) is 0 Å². The lowest BCUT2D eigenvalue weighted by Crippen LogP contribution is -2.06. The third-order valence-electron chi connectivity index (χ3n) is 2.45. The molecule has 20 heavy (non-hydrogen) atoms. The minimum atomic E-state index is -0.414. The van der Waals surface area contributed by atoms with Crippen molar-refractivity contribution in [3.8, 4) is 5.75 Å². The Morgan fingerprint density at radius 3 is 2.80 bits per heavy atom. The second-order valence-electron chi connectivity index (χ2n) is 4.01. The van der Waals surface area contributed by atoms with Gasteiger partial charge in [0.05, 0.1) is 16.0 Å². The minimum absolute atomic E-state index is 0.244. The molecule has 0 aliphatic heterocycles. The topological polar surface area (TPSA) is 61.5 Å². The molecule has 0 aliphatic rings. The highest BCUT2D eigenvalue weighted by Gasteiger charge is 2.11. The van der Waals surface area contributed by atoms with Crippen LogP contribution in [0.15, 0.2) is 34.1 Å². The van der Waals surface area contributed by atoms with E-state index in [0.717, 1.165) is 8.66 Å². The molecule has 1 aromatic heterocycles. The predicted octanol–water partition coefficient (Wildman–Crippen LogP) is 3.85. The lowest BCUT2D eigenvalue weighted by Gasteiger charge is -2.08. The predicted molar refractivity (Wildman–Crippen MR) is 83.2 cm³/mol. The van der Waals surface area contributed by atoms with Gasteiger partial charge in [0.1, 0.15) is 12.4 Å². The van der Waals surface area contributed by atoms with Crippen LogP contribution in [0.3, 0.4) is 0 Å². The first-order valence-corrected chi connectivity index (χ1v) is 7.64. The van der Waals surface area contributed by atoms with Crippen LogP contribution in [0.25, 0.3) is 0 Å². The fourth-order valence-corrected chi connectivity index (χ4v) is 3.04. The Balaban J connectivity index is 2.04. The summed E-state index contributed by atoms with van der Waals surface area (Å²) < 4.78 is 11.6. The minimum Gasteiger partial charge on any atom is -0.494 e. The molecule has 2 N–H and O–H groups in total. The van der Waals surface area contributed by atoms with Crippen molar-refractivity contribution in [3.63, 3.8) is 0 Å². The summed E-state index contributed by atoms with van der Waals surface area (Å²) >= 11 is 4.89. The maximum Gasteiger partial charge on any atom is 0.338 e. The number of benzene rings is 1. The number of thiophene rings is 1. The molecule has 2 rings (SSSR count). The van der Waals surface area contributed by atoms with Crippen LogP contribution in [0.4, 0.5) is 5.69 Å². The monoisotopic (exact) mass is 355 g/mol. The smallest absolute Gasteiger partial charge is 0.338 e. The number of nitrogen functional groups attached to an aromatic ring is 1. The van der Waals surface area contributed by atoms with Gasteiger partial charge in [-0.3, -0.25) is 0 Å². The van der Waals surface area contributed by atoms with E-state index >= 15 is 0 Å². The lowest BCUT2D eigenvalue weighted by molar-refractivity contribution is 0.0476. The van der Waals surface area contributed by atoms with Crippen molar-refractivity contribution in [2.45, 2.75) is 13.5 Å². The molecule has 0 atom stereocenters. The van der Waals surface area contributed by atoms with Crippen molar-refractivity contribution < 1.29 is 14.3 Å². The first-order chi connectivity index (χ1) is 9.58. The van der Waals surface area contributed by atoms with E-state index < -0.39 is 5.97 Å². The van der Waals surface area contributed by atoms with Gasteiger partial charge in [-0.25, -0.2) is 4.79 Å². The van der Waals surface area contributed by atoms with Crippen molar-refractivity contribution in [2.24, 2.45) is 0 Å². The first-order valence-electron chi connectivity index (χ1n) is 6.03. The molecule has 6 heteroatoms. The number of hydrogen-bond donors (Lipinski definition) is 1. The van der Waals surface area contributed by atoms with Gasteiger partial charge in [-0.05, 0) is 47.1 Å². The van der Waals surface area contributed by atoms with Crippen LogP contribution in [0.1, 0.15) is 22.2 Å². The number of ether oxygens (including phenoxy) is 2. The Morgan fingerprint density at radius 2 is 2.15 bits per heavy atom. The summed E-state index contributed by atoms with van der Waals surface area (Å²) in [5.74, 6) is 0.154. The van der Waals surface area contributed by atoms with E-state index in [0.29, 0.717) is 23.6 Å². The molecule has 2 aromatic rings. The van der Waals surface area contributed by atoms with Crippen LogP contribution in [-0.4, -0.2) is 12.6 Å². The van der Waals surface area contributed by atoms with Crippen LogP contribution in [-0.2, 0) is 11.3 Å². The third kappa shape index (κ3) is 3.98. The fourth-order valence-electron chi connectivity index (χ4n) is 1.64. The van der Waals surface area contributed by atoms with Gasteiger partial charge in [-0.15, -0.1) is 11.3 Å². The highest BCUT2D eigenvalue weighted by molar-refractivity contribution is 9.11. The van der Waals surface area contributed by atoms with Gasteiger partial charge in [0, 0.05) is 16.6 Å². The molecular weight excluding hydrogens is 342 g/mol. The summed E-state index contributed by atoms with van der Waals surface area (Å²) in [6.45, 7) is 2.63. The van der Waals surface area contributed by atoms with Gasteiger partial charge in [-0.2, -0.15) is 0 Å². The molecule has 106 valence electrons. The van der Waals surface area contributed by atoms with E-state index in [-0.39, 0.29) is 6.61 Å². The second kappa shape index (κ2) is 6.76. The number of halogens is 1. The number of esters is 1. The highest BCUT2D eigenvalue weighted by atomic mass is 79.9. The number of nitrogens with two attached hydrogens (primary N) is 1. The lowest BCUT2D eigenvalue weighted by atomic mass is 10.2. The second-order valence-corrected chi connectivity index (χ2v) is 6.55. The van der Waals surface area contributed by atoms with Gasteiger partial charge in [0.25, 0.3) is 0 Å². The standard InChI is InChI=1S/C14H14BrNO3S/c1-2-18-11-6-9(5-10(16)7-11)14(17)19-8-12-3-4-13(15)20-12/h3-7H,2,8,16H2,1H3. The first kappa shape index (κ1) is 14.9. The van der Waals surface area contributed by atoms with Crippen molar-refractivity contribution in [1.29, 1.82) is 0 Å². The van der Waals surface area contributed by atoms with Crippen LogP contribution in [0.5, 0.6) is 5.75 Å². The van der Waals surface area contributed by atoms with E-state index in [1.165, 1.54) is 11.3 Å². The van der Waals surface area contributed by atoms with Crippen LogP contribution >= 0.6 is 27.3 Å². The van der Waals surface area contributed by atoms with Gasteiger partial charge in [0.2, 0.25) is 0 Å². The van der Waals surface area contributed by atoms with Crippen molar-refractivity contribution in [1.82, 2.24) is 0 Å². The van der Waals surface area contributed by atoms with Gasteiger partial charge in [-0.1, -0.05) is 0 Å². The Labute approximate surface area is 129 Å². The van der Waals surface area contributed by atoms with E-state index in [2.05, 4.69) is 15.9 Å². The summed E-state index contributed by atoms with van der Waals surface area (Å²) in [4.78, 5) is 13.0. The molecule has 1 aromatic carbocycles. The molecule has 0 saturated carbocycles. The molecule has 1 heterocycles. The molecule has 0 saturated heterocycles. The SMILES string of the molecule is CCOc1cc(N)cc(C(=O)OCc2ccc(Br)s2)c1. The molecular formula is C14H14BrNO3S. The molecule has 4 nitrogen and oxygen atoms in total. The van der Waals surface area contributed by atoms with E-state index in [4.69, 9.17) is 15.2 Å². The average Bonchev–Trinajstić information content (AvgIpc) is 2.81. The summed E-state index contributed by atoms with van der Waals surface area (Å²) in [6.07, 6.45) is 0. The van der Waals surface area contributed by atoms with Crippen molar-refractivity contribution >= 4 is 38.9 Å². The normalized spacial score (nSPS) is 10.3. The van der Waals surface area contributed by atoms with E-state index in [1.54, 1.807) is 18.2 Å². The zero-order valence-corrected chi connectivity index (χ0v) is 13.3. The van der Waals surface area contributed by atoms with Crippen molar-refractivity contribution in [2.75, 3.05) is 12.3 Å². The summed E-state index contributed by atoms with van der Waals surface area (Å²) in [7, 11) is 0. The summed E-state index contributed by atoms with van der Waals surface area (Å²) in [5, 5.41) is 0. The number of carbonyl (C=O) groups is 1. The molecule has 0 radical (unpaired) electrons. The number of rotatable bonds is 5. The Hall–Kier alpha value is -1.53. The quantitative estimate of drug-likeness (QED) is 0.653. The van der Waals surface area contributed by atoms with E-state index in [1.807, 2.05) is 19.1 Å². The number of hydrogen-bond acceptors (Lipinski definition) is 5.